The van der Waals surface area contributed by atoms with Crippen LogP contribution in [-0.2, 0) is 0 Å². The molecule has 0 saturated heterocycles. The maximum Gasteiger partial charge on any atom is 0.292 e. The molecule has 0 aliphatic rings. The molecule has 0 unspecified atom stereocenters. The van der Waals surface area contributed by atoms with Gasteiger partial charge in [-0.25, -0.2) is 0 Å². The third-order valence-corrected chi connectivity index (χ3v) is 1.58. The number of hydrogen-bond donors (Lipinski definition) is 1. The van der Waals surface area contributed by atoms with Crippen LogP contribution in [0.2, 0.25) is 0 Å². The third-order valence-electron chi connectivity index (χ3n) is 1.37. The topological polar surface area (TPSA) is 55.2 Å². The Hall–Kier alpha value is -1.000. The van der Waals surface area contributed by atoms with Crippen molar-refractivity contribution >= 4 is 34.6 Å². The number of para-hydroxylation sites is 2. The summed E-state index contributed by atoms with van der Waals surface area (Å²) in [6, 6.07) is 6.14. The SMILES string of the molecule is O=[N+]([O-])c1ccccc1NC(Cl)Cl. The largest absolute Gasteiger partial charge is 0.351 e. The first-order valence-corrected chi connectivity index (χ1v) is 4.26. The van der Waals surface area contributed by atoms with E-state index in [9.17, 15) is 10.1 Å². The number of hydrogen-bond acceptors (Lipinski definition) is 3. The maximum absolute atomic E-state index is 10.5. The van der Waals surface area contributed by atoms with E-state index in [1.54, 1.807) is 12.1 Å². The molecule has 0 atom stereocenters. The number of nitrogens with zero attached hydrogens (tertiary/aromatic N) is 1. The Labute approximate surface area is 84.6 Å². The predicted molar refractivity (Wildman–Crippen MR) is 52.2 cm³/mol. The lowest BCUT2D eigenvalue weighted by atomic mass is 10.3. The summed E-state index contributed by atoms with van der Waals surface area (Å²) in [4.78, 5) is 9.12. The van der Waals surface area contributed by atoms with Gasteiger partial charge in [0.05, 0.1) is 4.92 Å². The van der Waals surface area contributed by atoms with Gasteiger partial charge in [0.25, 0.3) is 5.69 Å². The van der Waals surface area contributed by atoms with E-state index in [1.165, 1.54) is 12.1 Å². The third kappa shape index (κ3) is 2.75. The average molecular weight is 221 g/mol. The lowest BCUT2D eigenvalue weighted by Gasteiger charge is -2.06. The number of anilines is 1. The maximum atomic E-state index is 10.5. The summed E-state index contributed by atoms with van der Waals surface area (Å²) in [6.07, 6.45) is 0. The Balaban J connectivity index is 2.98. The average Bonchev–Trinajstić information content (AvgIpc) is 2.03. The Morgan fingerprint density at radius 3 is 2.54 bits per heavy atom. The van der Waals surface area contributed by atoms with Gasteiger partial charge in [-0.2, -0.15) is 0 Å². The van der Waals surface area contributed by atoms with Crippen LogP contribution < -0.4 is 5.32 Å². The first kappa shape index (κ1) is 10.1. The van der Waals surface area contributed by atoms with Crippen molar-refractivity contribution in [1.29, 1.82) is 0 Å². The quantitative estimate of drug-likeness (QED) is 0.369. The van der Waals surface area contributed by atoms with Gasteiger partial charge in [0, 0.05) is 6.07 Å². The van der Waals surface area contributed by atoms with E-state index in [4.69, 9.17) is 23.2 Å². The summed E-state index contributed by atoms with van der Waals surface area (Å²) < 4.78 is 0. The van der Waals surface area contributed by atoms with Gasteiger partial charge >= 0.3 is 0 Å². The smallest absolute Gasteiger partial charge is 0.292 e. The van der Waals surface area contributed by atoms with Crippen LogP contribution >= 0.6 is 23.2 Å². The number of benzene rings is 1. The number of nitro benzene ring substituents is 1. The van der Waals surface area contributed by atoms with Gasteiger partial charge < -0.3 is 5.32 Å². The molecule has 1 N–H and O–H groups in total. The number of nitro groups is 1. The van der Waals surface area contributed by atoms with Crippen LogP contribution in [0.25, 0.3) is 0 Å². The molecule has 0 bridgehead atoms. The van der Waals surface area contributed by atoms with Crippen molar-refractivity contribution in [1.82, 2.24) is 0 Å². The number of halogens is 2. The summed E-state index contributed by atoms with van der Waals surface area (Å²) in [5.41, 5.74) is 0.260. The van der Waals surface area contributed by atoms with Gasteiger partial charge in [-0.1, -0.05) is 35.3 Å². The molecule has 6 heteroatoms. The first-order valence-electron chi connectivity index (χ1n) is 3.39. The zero-order chi connectivity index (χ0) is 9.84. The summed E-state index contributed by atoms with van der Waals surface area (Å²) in [6.45, 7) is 0. The molecule has 0 saturated carbocycles. The van der Waals surface area contributed by atoms with Crippen molar-refractivity contribution in [2.45, 2.75) is 4.96 Å². The van der Waals surface area contributed by atoms with Gasteiger partial charge in [-0.3, -0.25) is 10.1 Å². The second kappa shape index (κ2) is 4.30. The standard InChI is InChI=1S/C7H6Cl2N2O2/c8-7(9)10-5-3-1-2-4-6(5)11(12)13/h1-4,7,10H. The Bertz CT molecular complexity index is 317. The first-order chi connectivity index (χ1) is 6.11. The van der Waals surface area contributed by atoms with Crippen molar-refractivity contribution in [3.05, 3.63) is 34.4 Å². The molecule has 0 heterocycles. The van der Waals surface area contributed by atoms with Crippen molar-refractivity contribution < 1.29 is 4.92 Å². The summed E-state index contributed by atoms with van der Waals surface area (Å²) in [5.74, 6) is 0. The van der Waals surface area contributed by atoms with Gasteiger partial charge in [-0.05, 0) is 6.07 Å². The zero-order valence-electron chi connectivity index (χ0n) is 6.41. The Morgan fingerprint density at radius 1 is 1.38 bits per heavy atom. The van der Waals surface area contributed by atoms with Gasteiger partial charge in [-0.15, -0.1) is 0 Å². The fourth-order valence-electron chi connectivity index (χ4n) is 0.872. The van der Waals surface area contributed by atoms with Crippen molar-refractivity contribution in [3.63, 3.8) is 0 Å². The molecule has 0 aliphatic heterocycles. The van der Waals surface area contributed by atoms with Gasteiger partial charge in [0.15, 0.2) is 4.96 Å². The molecule has 0 amide bonds. The van der Waals surface area contributed by atoms with Crippen LogP contribution in [0.4, 0.5) is 11.4 Å². The molecule has 4 nitrogen and oxygen atoms in total. The highest BCUT2D eigenvalue weighted by Crippen LogP contribution is 2.24. The van der Waals surface area contributed by atoms with Crippen LogP contribution in [0.3, 0.4) is 0 Å². The molecule has 0 radical (unpaired) electrons. The fraction of sp³-hybridized carbons (Fsp3) is 0.143. The summed E-state index contributed by atoms with van der Waals surface area (Å²) in [7, 11) is 0. The Kier molecular flexibility index (Phi) is 3.33. The second-order valence-electron chi connectivity index (χ2n) is 2.22. The molecular formula is C7H6Cl2N2O2. The number of rotatable bonds is 3. The van der Waals surface area contributed by atoms with Crippen molar-refractivity contribution in [2.75, 3.05) is 5.32 Å². The predicted octanol–water partition coefficient (Wildman–Crippen LogP) is 2.77. The minimum Gasteiger partial charge on any atom is -0.351 e. The highest BCUT2D eigenvalue weighted by atomic mass is 35.5. The van der Waals surface area contributed by atoms with E-state index in [2.05, 4.69) is 5.32 Å². The molecule has 1 rings (SSSR count). The van der Waals surface area contributed by atoms with Crippen molar-refractivity contribution in [3.8, 4) is 0 Å². The monoisotopic (exact) mass is 220 g/mol. The normalized spacial score (nSPS) is 10.1. The zero-order valence-corrected chi connectivity index (χ0v) is 7.92. The van der Waals surface area contributed by atoms with E-state index in [0.717, 1.165) is 0 Å². The van der Waals surface area contributed by atoms with Crippen LogP contribution in [0, 0.1) is 10.1 Å². The van der Waals surface area contributed by atoms with E-state index in [-0.39, 0.29) is 5.69 Å². The molecule has 1 aromatic carbocycles. The Morgan fingerprint density at radius 2 is 2.00 bits per heavy atom. The lowest BCUT2D eigenvalue weighted by Crippen LogP contribution is -2.05. The van der Waals surface area contributed by atoms with Crippen molar-refractivity contribution in [2.24, 2.45) is 0 Å². The second-order valence-corrected chi connectivity index (χ2v) is 3.32. The molecule has 0 fully saturated rings. The molecule has 13 heavy (non-hydrogen) atoms. The molecule has 70 valence electrons. The lowest BCUT2D eigenvalue weighted by molar-refractivity contribution is -0.384. The van der Waals surface area contributed by atoms with E-state index < -0.39 is 9.88 Å². The van der Waals surface area contributed by atoms with E-state index >= 15 is 0 Å². The molecular weight excluding hydrogens is 215 g/mol. The number of alkyl halides is 2. The van der Waals surface area contributed by atoms with E-state index in [1.807, 2.05) is 0 Å². The molecule has 0 aromatic heterocycles. The minimum absolute atomic E-state index is 0.0474. The summed E-state index contributed by atoms with van der Waals surface area (Å²) >= 11 is 10.8. The highest BCUT2D eigenvalue weighted by Gasteiger charge is 2.13. The van der Waals surface area contributed by atoms with Gasteiger partial charge in [0.2, 0.25) is 0 Å². The molecule has 0 aliphatic carbocycles. The minimum atomic E-state index is -0.860. The van der Waals surface area contributed by atoms with Crippen LogP contribution in [0.1, 0.15) is 0 Å². The van der Waals surface area contributed by atoms with Crippen LogP contribution in [0.15, 0.2) is 24.3 Å². The highest BCUT2D eigenvalue weighted by molar-refractivity contribution is 6.45. The van der Waals surface area contributed by atoms with Crippen LogP contribution in [-0.4, -0.2) is 9.88 Å². The fourth-order valence-corrected chi connectivity index (χ4v) is 1.11. The molecule has 0 spiro atoms. The van der Waals surface area contributed by atoms with Gasteiger partial charge in [0.1, 0.15) is 5.69 Å². The van der Waals surface area contributed by atoms with E-state index in [0.29, 0.717) is 5.69 Å². The summed E-state index contributed by atoms with van der Waals surface area (Å²) in [5, 5.41) is 13.0. The molecule has 1 aromatic rings. The van der Waals surface area contributed by atoms with Crippen LogP contribution in [0.5, 0.6) is 0 Å². The number of nitrogens with one attached hydrogen (secondary N) is 1.